The molecule has 0 atom stereocenters. The van der Waals surface area contributed by atoms with E-state index in [0.717, 1.165) is 46.1 Å². The van der Waals surface area contributed by atoms with Gasteiger partial charge < -0.3 is 26.8 Å². The largest absolute Gasteiger partial charge is 0.491 e. The number of benzene rings is 1. The number of fused-ring (bicyclic) bond motifs is 1. The van der Waals surface area contributed by atoms with E-state index in [9.17, 15) is 0 Å². The van der Waals surface area contributed by atoms with Gasteiger partial charge in [-0.15, -0.1) is 0 Å². The minimum absolute atomic E-state index is 0.502. The van der Waals surface area contributed by atoms with Gasteiger partial charge in [0.15, 0.2) is 0 Å². The van der Waals surface area contributed by atoms with Crippen molar-refractivity contribution < 1.29 is 4.74 Å². The standard InChI is InChI=1S/C21H26N6OS/c1-29-13-18(26-14-23)9-16(11-22)15-2-3-20-17(8-15)12-27(6-7-28-20)19-4-5-25-21(24)10-19/h2-5,8-11,14H,6-7,12-13,22H2,1H3,(H2,23,26)(H2,24,25)/b16-11+,18-9+. The first kappa shape index (κ1) is 20.6. The van der Waals surface area contributed by atoms with E-state index in [1.165, 1.54) is 6.34 Å². The molecular formula is C21H26N6OS. The van der Waals surface area contributed by atoms with Gasteiger partial charge in [0.05, 0.1) is 18.6 Å². The minimum atomic E-state index is 0.502. The first-order valence-corrected chi connectivity index (χ1v) is 10.6. The molecule has 3 rings (SSSR count). The molecule has 29 heavy (non-hydrogen) atoms. The summed E-state index contributed by atoms with van der Waals surface area (Å²) in [5.41, 5.74) is 22.1. The van der Waals surface area contributed by atoms with Gasteiger partial charge in [0, 0.05) is 42.0 Å². The van der Waals surface area contributed by atoms with Crippen LogP contribution in [0.1, 0.15) is 11.1 Å². The third-order valence-electron chi connectivity index (χ3n) is 4.54. The molecule has 7 nitrogen and oxygen atoms in total. The fourth-order valence-corrected chi connectivity index (χ4v) is 3.65. The van der Waals surface area contributed by atoms with E-state index in [1.54, 1.807) is 24.2 Å². The fraction of sp³-hybridized carbons (Fsp3) is 0.238. The summed E-state index contributed by atoms with van der Waals surface area (Å²) in [4.78, 5) is 10.5. The molecule has 1 aromatic carbocycles. The number of aliphatic imine (C=N–C) groups is 1. The van der Waals surface area contributed by atoms with Crippen molar-refractivity contribution in [2.75, 3.05) is 35.8 Å². The number of aromatic nitrogens is 1. The van der Waals surface area contributed by atoms with Crippen LogP contribution in [0, 0.1) is 0 Å². The van der Waals surface area contributed by atoms with Crippen LogP contribution in [0.3, 0.4) is 0 Å². The SMILES string of the molecule is CSCC(=C\C(=C/N)c1ccc2c(c1)CN(c1ccnc(N)c1)CCO2)/N=C/N. The highest BCUT2D eigenvalue weighted by Crippen LogP contribution is 2.30. The van der Waals surface area contributed by atoms with E-state index < -0.39 is 0 Å². The molecule has 6 N–H and O–H groups in total. The van der Waals surface area contributed by atoms with E-state index in [0.29, 0.717) is 19.0 Å². The molecule has 1 aliphatic heterocycles. The highest BCUT2D eigenvalue weighted by atomic mass is 32.2. The van der Waals surface area contributed by atoms with Gasteiger partial charge in [-0.3, -0.25) is 0 Å². The Hall–Kier alpha value is -3.13. The number of hydrogen-bond acceptors (Lipinski definition) is 7. The summed E-state index contributed by atoms with van der Waals surface area (Å²) in [6, 6.07) is 9.95. The first-order valence-electron chi connectivity index (χ1n) is 9.23. The van der Waals surface area contributed by atoms with Crippen molar-refractivity contribution in [1.82, 2.24) is 4.98 Å². The zero-order valence-electron chi connectivity index (χ0n) is 16.4. The van der Waals surface area contributed by atoms with Crippen LogP contribution in [0.5, 0.6) is 5.75 Å². The van der Waals surface area contributed by atoms with E-state index >= 15 is 0 Å². The number of nitrogen functional groups attached to an aromatic ring is 1. The van der Waals surface area contributed by atoms with Crippen molar-refractivity contribution in [3.8, 4) is 5.75 Å². The fourth-order valence-electron chi connectivity index (χ4n) is 3.19. The molecule has 0 radical (unpaired) electrons. The monoisotopic (exact) mass is 410 g/mol. The summed E-state index contributed by atoms with van der Waals surface area (Å²) in [5, 5.41) is 0. The van der Waals surface area contributed by atoms with E-state index in [4.69, 9.17) is 21.9 Å². The van der Waals surface area contributed by atoms with Gasteiger partial charge in [-0.2, -0.15) is 11.8 Å². The van der Waals surface area contributed by atoms with Gasteiger partial charge in [0.1, 0.15) is 18.2 Å². The molecule has 0 amide bonds. The summed E-state index contributed by atoms with van der Waals surface area (Å²) >= 11 is 1.67. The first-order chi connectivity index (χ1) is 14.1. The van der Waals surface area contributed by atoms with Gasteiger partial charge in [-0.05, 0) is 41.7 Å². The Kier molecular flexibility index (Phi) is 7.02. The molecule has 0 spiro atoms. The molecule has 1 aromatic heterocycles. The maximum Gasteiger partial charge on any atom is 0.125 e. The predicted octanol–water partition coefficient (Wildman–Crippen LogP) is 2.60. The topological polar surface area (TPSA) is 116 Å². The Balaban J connectivity index is 1.92. The Morgan fingerprint density at radius 3 is 2.90 bits per heavy atom. The number of thioether (sulfide) groups is 1. The summed E-state index contributed by atoms with van der Waals surface area (Å²) in [5.74, 6) is 2.13. The van der Waals surface area contributed by atoms with Gasteiger partial charge >= 0.3 is 0 Å². The lowest BCUT2D eigenvalue weighted by atomic mass is 10.0. The smallest absolute Gasteiger partial charge is 0.125 e. The number of nitrogens with two attached hydrogens (primary N) is 3. The van der Waals surface area contributed by atoms with Crippen molar-refractivity contribution in [3.05, 3.63) is 65.6 Å². The minimum Gasteiger partial charge on any atom is -0.491 e. The molecule has 152 valence electrons. The summed E-state index contributed by atoms with van der Waals surface area (Å²) in [6.45, 7) is 2.06. The van der Waals surface area contributed by atoms with Crippen molar-refractivity contribution in [3.63, 3.8) is 0 Å². The number of rotatable bonds is 6. The van der Waals surface area contributed by atoms with Crippen molar-refractivity contribution in [2.45, 2.75) is 6.54 Å². The molecule has 0 fully saturated rings. The predicted molar refractivity (Wildman–Crippen MR) is 123 cm³/mol. The van der Waals surface area contributed by atoms with Crippen molar-refractivity contribution in [1.29, 1.82) is 0 Å². The number of anilines is 2. The number of nitrogens with zero attached hydrogens (tertiary/aromatic N) is 3. The molecule has 0 saturated heterocycles. The second kappa shape index (κ2) is 9.88. The molecule has 2 heterocycles. The highest BCUT2D eigenvalue weighted by Gasteiger charge is 2.17. The second-order valence-corrected chi connectivity index (χ2v) is 7.37. The molecule has 8 heteroatoms. The van der Waals surface area contributed by atoms with Gasteiger partial charge in [-0.25, -0.2) is 9.98 Å². The summed E-state index contributed by atoms with van der Waals surface area (Å²) < 4.78 is 5.96. The molecular weight excluding hydrogens is 384 g/mol. The number of pyridine rings is 1. The Labute approximate surface area is 175 Å². The van der Waals surface area contributed by atoms with Crippen LogP contribution in [0.15, 0.2) is 59.5 Å². The maximum atomic E-state index is 5.96. The summed E-state index contributed by atoms with van der Waals surface area (Å²) in [6.07, 6.45) is 8.59. The lowest BCUT2D eigenvalue weighted by molar-refractivity contribution is 0.331. The molecule has 0 bridgehead atoms. The Morgan fingerprint density at radius 2 is 2.17 bits per heavy atom. The highest BCUT2D eigenvalue weighted by molar-refractivity contribution is 7.98. The second-order valence-electron chi connectivity index (χ2n) is 6.50. The quantitative estimate of drug-likeness (QED) is 0.381. The van der Waals surface area contributed by atoms with E-state index in [-0.39, 0.29) is 0 Å². The van der Waals surface area contributed by atoms with Crippen LogP contribution >= 0.6 is 11.8 Å². The van der Waals surface area contributed by atoms with Crippen LogP contribution in [0.4, 0.5) is 11.5 Å². The molecule has 2 aromatic rings. The third kappa shape index (κ3) is 5.23. The third-order valence-corrected chi connectivity index (χ3v) is 5.12. The normalized spacial score (nSPS) is 15.1. The molecule has 0 unspecified atom stereocenters. The van der Waals surface area contributed by atoms with Crippen LogP contribution in [-0.2, 0) is 6.54 Å². The average molecular weight is 411 g/mol. The lowest BCUT2D eigenvalue weighted by Crippen LogP contribution is -2.25. The van der Waals surface area contributed by atoms with Crippen LogP contribution in [0.2, 0.25) is 0 Å². The van der Waals surface area contributed by atoms with E-state index in [1.807, 2.05) is 36.6 Å². The Bertz CT molecular complexity index is 941. The van der Waals surface area contributed by atoms with Crippen LogP contribution < -0.4 is 26.8 Å². The summed E-state index contributed by atoms with van der Waals surface area (Å²) in [7, 11) is 0. The average Bonchev–Trinajstić information content (AvgIpc) is 2.94. The van der Waals surface area contributed by atoms with E-state index in [2.05, 4.69) is 20.9 Å². The van der Waals surface area contributed by atoms with Crippen molar-refractivity contribution >= 4 is 35.2 Å². The van der Waals surface area contributed by atoms with Crippen LogP contribution in [-0.4, -0.2) is 36.5 Å². The van der Waals surface area contributed by atoms with Crippen molar-refractivity contribution in [2.24, 2.45) is 16.5 Å². The number of allylic oxidation sites excluding steroid dienone is 2. The molecule has 0 aliphatic carbocycles. The zero-order valence-corrected chi connectivity index (χ0v) is 17.2. The van der Waals surface area contributed by atoms with Gasteiger partial charge in [-0.1, -0.05) is 6.07 Å². The molecule has 0 saturated carbocycles. The number of ether oxygens (including phenoxy) is 1. The lowest BCUT2D eigenvalue weighted by Gasteiger charge is -2.22. The van der Waals surface area contributed by atoms with Crippen LogP contribution in [0.25, 0.3) is 5.57 Å². The Morgan fingerprint density at radius 1 is 1.31 bits per heavy atom. The maximum absolute atomic E-state index is 5.96. The molecule has 1 aliphatic rings. The van der Waals surface area contributed by atoms with Gasteiger partial charge in [0.2, 0.25) is 0 Å². The van der Waals surface area contributed by atoms with Gasteiger partial charge in [0.25, 0.3) is 0 Å². The number of hydrogen-bond donors (Lipinski definition) is 3. The zero-order chi connectivity index (χ0) is 20.6.